The third kappa shape index (κ3) is 5.98. The van der Waals surface area contributed by atoms with E-state index in [1.165, 1.54) is 7.11 Å². The number of rotatable bonds is 8. The Morgan fingerprint density at radius 3 is 2.44 bits per heavy atom. The lowest BCUT2D eigenvalue weighted by atomic mass is 10.2. The van der Waals surface area contributed by atoms with Crippen LogP contribution in [-0.4, -0.2) is 56.6 Å². The van der Waals surface area contributed by atoms with Crippen molar-refractivity contribution in [2.24, 2.45) is 10.9 Å². The van der Waals surface area contributed by atoms with Crippen molar-refractivity contribution in [3.8, 4) is 0 Å². The van der Waals surface area contributed by atoms with Crippen LogP contribution in [0.15, 0.2) is 0 Å². The molecule has 0 aliphatic rings. The second kappa shape index (κ2) is 6.76. The van der Waals surface area contributed by atoms with Crippen molar-refractivity contribution in [2.75, 3.05) is 26.8 Å². The van der Waals surface area contributed by atoms with Gasteiger partial charge >= 0.3 is 5.97 Å². The molecule has 8 nitrogen and oxygen atoms in total. The molecule has 1 unspecified atom stereocenters. The van der Waals surface area contributed by atoms with Crippen LogP contribution in [0.1, 0.15) is 6.42 Å². The van der Waals surface area contributed by atoms with Gasteiger partial charge in [-0.1, -0.05) is 0 Å². The van der Waals surface area contributed by atoms with Crippen molar-refractivity contribution < 1.29 is 23.1 Å². The van der Waals surface area contributed by atoms with Gasteiger partial charge in [-0.25, -0.2) is 5.14 Å². The van der Waals surface area contributed by atoms with E-state index in [1.807, 2.05) is 0 Å². The normalized spacial score (nSPS) is 14.0. The number of nitrogens with zero attached hydrogens (tertiary/aromatic N) is 1. The van der Waals surface area contributed by atoms with E-state index in [2.05, 4.69) is 0 Å². The van der Waals surface area contributed by atoms with Crippen molar-refractivity contribution >= 4 is 16.2 Å². The Labute approximate surface area is 94.3 Å². The van der Waals surface area contributed by atoms with E-state index in [-0.39, 0.29) is 26.1 Å². The Morgan fingerprint density at radius 1 is 1.50 bits per heavy atom. The molecule has 0 aromatic carbocycles. The zero-order valence-corrected chi connectivity index (χ0v) is 9.81. The summed E-state index contributed by atoms with van der Waals surface area (Å²) in [5.74, 6) is -1.18. The van der Waals surface area contributed by atoms with E-state index < -0.39 is 22.2 Å². The third-order valence-electron chi connectivity index (χ3n) is 1.91. The number of ether oxygens (including phenoxy) is 1. The summed E-state index contributed by atoms with van der Waals surface area (Å²) in [5.41, 5.74) is 5.24. The zero-order valence-electron chi connectivity index (χ0n) is 9.00. The molecule has 0 aliphatic carbocycles. The van der Waals surface area contributed by atoms with Crippen LogP contribution in [-0.2, 0) is 19.7 Å². The molecule has 16 heavy (non-hydrogen) atoms. The monoisotopic (exact) mass is 255 g/mol. The van der Waals surface area contributed by atoms with Crippen LogP contribution in [0, 0.1) is 0 Å². The number of carbonyl (C=O) groups is 1. The first kappa shape index (κ1) is 15.3. The maximum atomic E-state index is 11.1. The summed E-state index contributed by atoms with van der Waals surface area (Å²) in [6.45, 7) is 0.204. The van der Waals surface area contributed by atoms with E-state index in [1.54, 1.807) is 0 Å². The molecule has 96 valence electrons. The highest BCUT2D eigenvalue weighted by Crippen LogP contribution is 1.99. The molecule has 0 heterocycles. The number of hydrogen-bond acceptors (Lipinski definition) is 5. The second-order valence-electron chi connectivity index (χ2n) is 3.17. The average molecular weight is 255 g/mol. The van der Waals surface area contributed by atoms with Gasteiger partial charge in [0.2, 0.25) is 0 Å². The summed E-state index contributed by atoms with van der Waals surface area (Å²) in [6, 6.07) is -1.10. The maximum absolute atomic E-state index is 11.1. The zero-order chi connectivity index (χ0) is 12.8. The molecule has 0 amide bonds. The summed E-state index contributed by atoms with van der Waals surface area (Å²) in [4.78, 5) is 10.4. The van der Waals surface area contributed by atoms with Gasteiger partial charge in [-0.3, -0.25) is 4.79 Å². The number of nitrogens with two attached hydrogens (primary N) is 2. The molecule has 0 saturated carbocycles. The standard InChI is InChI=1S/C7H17N3O5S/c1-15-5-4-10(16(9,13)14)3-2-6(8)7(11)12/h6H,2-5,8H2,1H3,(H,11,12)(H2,9,13,14). The van der Waals surface area contributed by atoms with Crippen molar-refractivity contribution in [2.45, 2.75) is 12.5 Å². The minimum absolute atomic E-state index is 0.00449. The summed E-state index contributed by atoms with van der Waals surface area (Å²) in [5, 5.41) is 13.5. The fourth-order valence-corrected chi connectivity index (χ4v) is 1.65. The SMILES string of the molecule is COCCN(CCC(N)C(=O)O)S(N)(=O)=O. The van der Waals surface area contributed by atoms with Crippen molar-refractivity contribution in [1.29, 1.82) is 0 Å². The lowest BCUT2D eigenvalue weighted by Gasteiger charge is -2.19. The van der Waals surface area contributed by atoms with Crippen molar-refractivity contribution in [3.63, 3.8) is 0 Å². The number of carboxylic acid groups (broad SMARTS) is 1. The Hall–Kier alpha value is -0.740. The summed E-state index contributed by atoms with van der Waals surface area (Å²) in [6.07, 6.45) is -0.00449. The number of methoxy groups -OCH3 is 1. The first-order valence-electron chi connectivity index (χ1n) is 4.54. The molecule has 0 aliphatic heterocycles. The Bertz CT molecular complexity index is 318. The lowest BCUT2D eigenvalue weighted by Crippen LogP contribution is -2.42. The average Bonchev–Trinajstić information content (AvgIpc) is 2.15. The largest absolute Gasteiger partial charge is 0.480 e. The van der Waals surface area contributed by atoms with Crippen LogP contribution in [0.5, 0.6) is 0 Å². The first-order valence-corrected chi connectivity index (χ1v) is 6.04. The molecule has 0 spiro atoms. The van der Waals surface area contributed by atoms with E-state index in [0.717, 1.165) is 4.31 Å². The number of carboxylic acids is 1. The topological polar surface area (TPSA) is 136 Å². The molecule has 0 aromatic heterocycles. The van der Waals surface area contributed by atoms with Crippen LogP contribution >= 0.6 is 0 Å². The highest BCUT2D eigenvalue weighted by molar-refractivity contribution is 7.86. The third-order valence-corrected chi connectivity index (χ3v) is 3.00. The van der Waals surface area contributed by atoms with Gasteiger partial charge in [-0.15, -0.1) is 0 Å². The number of hydrogen-bond donors (Lipinski definition) is 3. The molecule has 0 fully saturated rings. The fraction of sp³-hybridized carbons (Fsp3) is 0.857. The summed E-state index contributed by atoms with van der Waals surface area (Å²) >= 11 is 0. The van der Waals surface area contributed by atoms with E-state index in [4.69, 9.17) is 20.7 Å². The van der Waals surface area contributed by atoms with Crippen LogP contribution < -0.4 is 10.9 Å². The second-order valence-corrected chi connectivity index (χ2v) is 4.72. The Balaban J connectivity index is 4.28. The molecule has 9 heteroatoms. The quantitative estimate of drug-likeness (QED) is 0.456. The predicted octanol–water partition coefficient (Wildman–Crippen LogP) is -2.06. The Morgan fingerprint density at radius 2 is 2.06 bits per heavy atom. The van der Waals surface area contributed by atoms with Gasteiger partial charge in [-0.2, -0.15) is 12.7 Å². The molecule has 5 N–H and O–H groups in total. The summed E-state index contributed by atoms with van der Waals surface area (Å²) < 4.78 is 27.8. The fourth-order valence-electron chi connectivity index (χ4n) is 0.966. The molecule has 0 bridgehead atoms. The minimum atomic E-state index is -3.85. The first-order chi connectivity index (χ1) is 7.29. The van der Waals surface area contributed by atoms with Gasteiger partial charge in [0.25, 0.3) is 10.2 Å². The van der Waals surface area contributed by atoms with Crippen LogP contribution in [0.3, 0.4) is 0 Å². The van der Waals surface area contributed by atoms with E-state index in [9.17, 15) is 13.2 Å². The Kier molecular flexibility index (Phi) is 6.45. The van der Waals surface area contributed by atoms with E-state index in [0.29, 0.717) is 0 Å². The van der Waals surface area contributed by atoms with Gasteiger partial charge in [0.15, 0.2) is 0 Å². The lowest BCUT2D eigenvalue weighted by molar-refractivity contribution is -0.138. The van der Waals surface area contributed by atoms with Gasteiger partial charge in [-0.05, 0) is 6.42 Å². The van der Waals surface area contributed by atoms with Gasteiger partial charge < -0.3 is 15.6 Å². The maximum Gasteiger partial charge on any atom is 0.320 e. The van der Waals surface area contributed by atoms with Crippen molar-refractivity contribution in [1.82, 2.24) is 4.31 Å². The highest BCUT2D eigenvalue weighted by atomic mass is 32.2. The number of aliphatic carboxylic acids is 1. The van der Waals surface area contributed by atoms with Crippen LogP contribution in [0.2, 0.25) is 0 Å². The molecule has 0 aromatic rings. The predicted molar refractivity (Wildman–Crippen MR) is 56.8 cm³/mol. The van der Waals surface area contributed by atoms with Gasteiger partial charge in [0, 0.05) is 20.2 Å². The van der Waals surface area contributed by atoms with E-state index >= 15 is 0 Å². The van der Waals surface area contributed by atoms with Crippen LogP contribution in [0.25, 0.3) is 0 Å². The van der Waals surface area contributed by atoms with Gasteiger partial charge in [0.1, 0.15) is 6.04 Å². The summed E-state index contributed by atoms with van der Waals surface area (Å²) in [7, 11) is -2.43. The molecule has 0 radical (unpaired) electrons. The minimum Gasteiger partial charge on any atom is -0.480 e. The smallest absolute Gasteiger partial charge is 0.320 e. The van der Waals surface area contributed by atoms with Crippen molar-refractivity contribution in [3.05, 3.63) is 0 Å². The molecular formula is C7H17N3O5S. The highest BCUT2D eigenvalue weighted by Gasteiger charge is 2.20. The van der Waals surface area contributed by atoms with Crippen LogP contribution in [0.4, 0.5) is 0 Å². The van der Waals surface area contributed by atoms with Gasteiger partial charge in [0.05, 0.1) is 6.61 Å². The molecule has 0 saturated heterocycles. The molecule has 0 rings (SSSR count). The molecular weight excluding hydrogens is 238 g/mol. The molecule has 1 atom stereocenters.